The molecule has 3 aromatic carbocycles. The van der Waals surface area contributed by atoms with E-state index < -0.39 is 22.0 Å². The molecule has 0 aromatic heterocycles. The van der Waals surface area contributed by atoms with Gasteiger partial charge in [-0.25, -0.2) is 8.42 Å². The molecule has 0 saturated carbocycles. The summed E-state index contributed by atoms with van der Waals surface area (Å²) in [6.45, 7) is 5.61. The summed E-state index contributed by atoms with van der Waals surface area (Å²) < 4.78 is 32.6. The standard InChI is InChI=1S/C25H27ClN2O4S/c1-5-23(28(33(4,30)31)20-13-11-17(2)18(3)15-20)25(29)27-22-16-19(26)12-14-24(22)32-21-9-7-6-8-10-21/h6-16,23H,5H2,1-4H3,(H,27,29)/t23-/m1/s1. The zero-order valence-corrected chi connectivity index (χ0v) is 20.6. The lowest BCUT2D eigenvalue weighted by Crippen LogP contribution is -2.47. The number of rotatable bonds is 8. The van der Waals surface area contributed by atoms with Gasteiger partial charge in [0.25, 0.3) is 0 Å². The number of nitrogens with one attached hydrogen (secondary N) is 1. The van der Waals surface area contributed by atoms with Crippen molar-refractivity contribution in [3.8, 4) is 11.5 Å². The molecule has 8 heteroatoms. The molecule has 0 radical (unpaired) electrons. The van der Waals surface area contributed by atoms with Crippen molar-refractivity contribution in [1.29, 1.82) is 0 Å². The summed E-state index contributed by atoms with van der Waals surface area (Å²) in [5.41, 5.74) is 2.76. The molecule has 33 heavy (non-hydrogen) atoms. The SMILES string of the molecule is CC[C@H](C(=O)Nc1cc(Cl)ccc1Oc1ccccc1)N(c1ccc(C)c(C)c1)S(C)(=O)=O. The van der Waals surface area contributed by atoms with Gasteiger partial charge in [0.2, 0.25) is 15.9 Å². The summed E-state index contributed by atoms with van der Waals surface area (Å²) in [5.74, 6) is 0.502. The Bertz CT molecular complexity index is 1250. The second-order valence-electron chi connectivity index (χ2n) is 7.80. The number of para-hydroxylation sites is 1. The molecular formula is C25H27ClN2O4S. The van der Waals surface area contributed by atoms with Crippen LogP contribution in [-0.4, -0.2) is 26.6 Å². The van der Waals surface area contributed by atoms with Gasteiger partial charge in [-0.15, -0.1) is 0 Å². The molecule has 1 amide bonds. The average Bonchev–Trinajstić information content (AvgIpc) is 2.75. The highest BCUT2D eigenvalue weighted by molar-refractivity contribution is 7.92. The van der Waals surface area contributed by atoms with Gasteiger partial charge in [-0.2, -0.15) is 0 Å². The van der Waals surface area contributed by atoms with Gasteiger partial charge >= 0.3 is 0 Å². The lowest BCUT2D eigenvalue weighted by atomic mass is 10.1. The number of amides is 1. The topological polar surface area (TPSA) is 75.7 Å². The molecule has 0 fully saturated rings. The van der Waals surface area contributed by atoms with E-state index in [1.54, 1.807) is 49.4 Å². The van der Waals surface area contributed by atoms with Crippen LogP contribution in [0.2, 0.25) is 5.02 Å². The molecular weight excluding hydrogens is 460 g/mol. The van der Waals surface area contributed by atoms with Crippen molar-refractivity contribution in [3.63, 3.8) is 0 Å². The van der Waals surface area contributed by atoms with Gasteiger partial charge in [0.1, 0.15) is 11.8 Å². The van der Waals surface area contributed by atoms with E-state index in [4.69, 9.17) is 16.3 Å². The van der Waals surface area contributed by atoms with E-state index in [-0.39, 0.29) is 6.42 Å². The smallest absolute Gasteiger partial charge is 0.248 e. The summed E-state index contributed by atoms with van der Waals surface area (Å²) in [7, 11) is -3.75. The first-order chi connectivity index (χ1) is 15.6. The van der Waals surface area contributed by atoms with Crippen molar-refractivity contribution in [2.24, 2.45) is 0 Å². The third-order valence-electron chi connectivity index (χ3n) is 5.25. The van der Waals surface area contributed by atoms with Gasteiger partial charge in [0, 0.05) is 5.02 Å². The Kier molecular flexibility index (Phi) is 7.66. The molecule has 6 nitrogen and oxygen atoms in total. The fraction of sp³-hybridized carbons (Fsp3) is 0.240. The molecule has 0 aliphatic heterocycles. The van der Waals surface area contributed by atoms with Crippen LogP contribution in [0.5, 0.6) is 11.5 Å². The molecule has 1 N–H and O–H groups in total. The lowest BCUT2D eigenvalue weighted by molar-refractivity contribution is -0.117. The summed E-state index contributed by atoms with van der Waals surface area (Å²) in [6.07, 6.45) is 1.36. The van der Waals surface area contributed by atoms with Crippen LogP contribution in [0, 0.1) is 13.8 Å². The van der Waals surface area contributed by atoms with Crippen LogP contribution < -0.4 is 14.4 Å². The predicted octanol–water partition coefficient (Wildman–Crippen LogP) is 5.93. The summed E-state index contributed by atoms with van der Waals surface area (Å²) in [4.78, 5) is 13.4. The molecule has 0 unspecified atom stereocenters. The maximum Gasteiger partial charge on any atom is 0.248 e. The van der Waals surface area contributed by atoms with Crippen molar-refractivity contribution in [2.45, 2.75) is 33.2 Å². The quantitative estimate of drug-likeness (QED) is 0.428. The van der Waals surface area contributed by atoms with Crippen LogP contribution in [0.25, 0.3) is 0 Å². The predicted molar refractivity (Wildman–Crippen MR) is 134 cm³/mol. The zero-order valence-electron chi connectivity index (χ0n) is 19.0. The molecule has 3 rings (SSSR count). The number of ether oxygens (including phenoxy) is 1. The van der Waals surface area contributed by atoms with Crippen molar-refractivity contribution >= 4 is 38.9 Å². The van der Waals surface area contributed by atoms with Crippen LogP contribution in [0.15, 0.2) is 66.7 Å². The van der Waals surface area contributed by atoms with Crippen LogP contribution in [0.3, 0.4) is 0 Å². The van der Waals surface area contributed by atoms with Crippen molar-refractivity contribution < 1.29 is 17.9 Å². The second-order valence-corrected chi connectivity index (χ2v) is 10.1. The number of hydrogen-bond acceptors (Lipinski definition) is 4. The highest BCUT2D eigenvalue weighted by atomic mass is 35.5. The van der Waals surface area contributed by atoms with Crippen molar-refractivity contribution in [1.82, 2.24) is 0 Å². The summed E-state index contributed by atoms with van der Waals surface area (Å²) in [5, 5.41) is 3.23. The third-order valence-corrected chi connectivity index (χ3v) is 6.66. The van der Waals surface area contributed by atoms with Gasteiger partial charge < -0.3 is 10.1 Å². The van der Waals surface area contributed by atoms with E-state index in [0.717, 1.165) is 21.7 Å². The number of sulfonamides is 1. The van der Waals surface area contributed by atoms with E-state index >= 15 is 0 Å². The normalized spacial score (nSPS) is 12.2. The molecule has 0 aliphatic rings. The maximum atomic E-state index is 13.4. The zero-order chi connectivity index (χ0) is 24.2. The number of aryl methyl sites for hydroxylation is 2. The van der Waals surface area contributed by atoms with Crippen LogP contribution in [-0.2, 0) is 14.8 Å². The first-order valence-electron chi connectivity index (χ1n) is 10.5. The lowest BCUT2D eigenvalue weighted by Gasteiger charge is -2.30. The number of hydrogen-bond donors (Lipinski definition) is 1. The van der Waals surface area contributed by atoms with Gasteiger partial charge in [-0.3, -0.25) is 9.10 Å². The largest absolute Gasteiger partial charge is 0.455 e. The molecule has 0 saturated heterocycles. The Morgan fingerprint density at radius 2 is 1.73 bits per heavy atom. The minimum absolute atomic E-state index is 0.265. The minimum Gasteiger partial charge on any atom is -0.455 e. The summed E-state index contributed by atoms with van der Waals surface area (Å²) in [6, 6.07) is 18.4. The number of carbonyl (C=O) groups excluding carboxylic acids is 1. The summed E-state index contributed by atoms with van der Waals surface area (Å²) >= 11 is 6.17. The second kappa shape index (κ2) is 10.3. The highest BCUT2D eigenvalue weighted by Gasteiger charge is 2.32. The Hall–Kier alpha value is -3.03. The molecule has 1 atom stereocenters. The fourth-order valence-corrected chi connectivity index (χ4v) is 4.82. The van der Waals surface area contributed by atoms with Gasteiger partial charge in [-0.1, -0.05) is 42.8 Å². The molecule has 0 heterocycles. The number of nitrogens with zero attached hydrogens (tertiary/aromatic N) is 1. The minimum atomic E-state index is -3.75. The van der Waals surface area contributed by atoms with Crippen LogP contribution in [0.1, 0.15) is 24.5 Å². The van der Waals surface area contributed by atoms with Crippen molar-refractivity contribution in [3.05, 3.63) is 82.9 Å². The van der Waals surface area contributed by atoms with Crippen LogP contribution in [0.4, 0.5) is 11.4 Å². The number of anilines is 2. The first-order valence-corrected chi connectivity index (χ1v) is 12.7. The van der Waals surface area contributed by atoms with Gasteiger partial charge in [-0.05, 0) is 73.9 Å². The van der Waals surface area contributed by atoms with Crippen LogP contribution >= 0.6 is 11.6 Å². The first kappa shape index (κ1) is 24.6. The molecule has 3 aromatic rings. The Balaban J connectivity index is 1.95. The number of benzene rings is 3. The average molecular weight is 487 g/mol. The fourth-order valence-electron chi connectivity index (χ4n) is 3.44. The highest BCUT2D eigenvalue weighted by Crippen LogP contribution is 2.33. The number of halogens is 1. The van der Waals surface area contributed by atoms with Crippen molar-refractivity contribution in [2.75, 3.05) is 15.9 Å². The number of carbonyl (C=O) groups is 1. The van der Waals surface area contributed by atoms with E-state index in [1.165, 1.54) is 0 Å². The molecule has 0 bridgehead atoms. The monoisotopic (exact) mass is 486 g/mol. The van der Waals surface area contributed by atoms with Gasteiger partial charge in [0.15, 0.2) is 5.75 Å². The Morgan fingerprint density at radius 1 is 1.03 bits per heavy atom. The Morgan fingerprint density at radius 3 is 2.33 bits per heavy atom. The van der Waals surface area contributed by atoms with E-state index in [1.807, 2.05) is 38.1 Å². The third kappa shape index (κ3) is 6.06. The maximum absolute atomic E-state index is 13.4. The molecule has 0 aliphatic carbocycles. The van der Waals surface area contributed by atoms with E-state index in [9.17, 15) is 13.2 Å². The van der Waals surface area contributed by atoms with Gasteiger partial charge in [0.05, 0.1) is 17.6 Å². The molecule has 174 valence electrons. The Labute approximate surface area is 200 Å². The molecule has 0 spiro atoms. The van der Waals surface area contributed by atoms with E-state index in [0.29, 0.717) is 27.9 Å². The van der Waals surface area contributed by atoms with E-state index in [2.05, 4.69) is 5.32 Å².